The first-order chi connectivity index (χ1) is 9.19. The molecule has 1 heterocycles. The average molecular weight is 399 g/mol. The zero-order valence-corrected chi connectivity index (χ0v) is 14.1. The van der Waals surface area contributed by atoms with Crippen LogP contribution in [0.2, 0.25) is 0 Å². The van der Waals surface area contributed by atoms with E-state index in [1.165, 1.54) is 4.90 Å². The Morgan fingerprint density at radius 3 is 2.65 bits per heavy atom. The van der Waals surface area contributed by atoms with Gasteiger partial charge >= 0.3 is 6.03 Å². The van der Waals surface area contributed by atoms with Crippen molar-refractivity contribution in [2.24, 2.45) is 4.99 Å². The van der Waals surface area contributed by atoms with E-state index in [0.717, 1.165) is 0 Å². The van der Waals surface area contributed by atoms with E-state index in [9.17, 15) is 9.59 Å². The lowest BCUT2D eigenvalue weighted by Crippen LogP contribution is -2.44. The fourth-order valence-electron chi connectivity index (χ4n) is 1.57. The van der Waals surface area contributed by atoms with E-state index in [4.69, 9.17) is 4.74 Å². The van der Waals surface area contributed by atoms with E-state index in [2.05, 4.69) is 20.9 Å². The number of hydrogen-bond acceptors (Lipinski definition) is 4. The van der Waals surface area contributed by atoms with Crippen LogP contribution in [0.15, 0.2) is 4.99 Å². The van der Waals surface area contributed by atoms with Gasteiger partial charge in [-0.05, 0) is 6.92 Å². The van der Waals surface area contributed by atoms with Crippen LogP contribution in [0.25, 0.3) is 0 Å². The van der Waals surface area contributed by atoms with Crippen molar-refractivity contribution in [2.45, 2.75) is 6.92 Å². The topological polar surface area (TPSA) is 95.1 Å². The number of guanidine groups is 1. The highest BCUT2D eigenvalue weighted by Gasteiger charge is 2.27. The second-order valence-corrected chi connectivity index (χ2v) is 3.83. The SMILES string of the molecule is CCOCCNC(=NC)NCCN1C(=O)CNC1=O.I. The molecule has 0 aromatic heterocycles. The molecular weight excluding hydrogens is 377 g/mol. The summed E-state index contributed by atoms with van der Waals surface area (Å²) in [7, 11) is 1.66. The van der Waals surface area contributed by atoms with Crippen molar-refractivity contribution in [2.75, 3.05) is 46.4 Å². The van der Waals surface area contributed by atoms with Crippen LogP contribution in [-0.4, -0.2) is 69.2 Å². The van der Waals surface area contributed by atoms with Crippen molar-refractivity contribution in [3.8, 4) is 0 Å². The average Bonchev–Trinajstić information content (AvgIpc) is 2.73. The molecule has 0 bridgehead atoms. The van der Waals surface area contributed by atoms with E-state index in [-0.39, 0.29) is 42.5 Å². The largest absolute Gasteiger partial charge is 0.380 e. The molecule has 0 saturated carbocycles. The van der Waals surface area contributed by atoms with Gasteiger partial charge < -0.3 is 20.7 Å². The number of nitrogens with one attached hydrogen (secondary N) is 3. The summed E-state index contributed by atoms with van der Waals surface area (Å²) >= 11 is 0. The molecule has 0 atom stereocenters. The van der Waals surface area contributed by atoms with E-state index in [1.807, 2.05) is 6.92 Å². The molecule has 0 unspecified atom stereocenters. The molecule has 0 aromatic carbocycles. The highest BCUT2D eigenvalue weighted by molar-refractivity contribution is 14.0. The summed E-state index contributed by atoms with van der Waals surface area (Å²) < 4.78 is 5.19. The third kappa shape index (κ3) is 6.37. The van der Waals surface area contributed by atoms with Gasteiger partial charge in [0.25, 0.3) is 0 Å². The maximum atomic E-state index is 11.3. The number of aliphatic imine (C=N–C) groups is 1. The summed E-state index contributed by atoms with van der Waals surface area (Å²) in [5.74, 6) is 0.415. The molecule has 1 aliphatic rings. The third-order valence-electron chi connectivity index (χ3n) is 2.53. The zero-order chi connectivity index (χ0) is 14.1. The molecule has 1 aliphatic heterocycles. The Bertz CT molecular complexity index is 335. The summed E-state index contributed by atoms with van der Waals surface area (Å²) in [6, 6.07) is -0.342. The highest BCUT2D eigenvalue weighted by Crippen LogP contribution is 1.96. The van der Waals surface area contributed by atoms with Gasteiger partial charge in [-0.15, -0.1) is 24.0 Å². The first kappa shape index (κ1) is 18.9. The number of carbonyl (C=O) groups excluding carboxylic acids is 2. The molecule has 0 aromatic rings. The van der Waals surface area contributed by atoms with Crippen molar-refractivity contribution in [3.63, 3.8) is 0 Å². The standard InChI is InChI=1S/C11H21N5O3.HI/c1-3-19-7-5-14-10(12-2)13-4-6-16-9(17)8-15-11(16)18;/h3-8H2,1-2H3,(H,15,18)(H2,12,13,14);1H. The number of ether oxygens (including phenoxy) is 1. The number of halogens is 1. The monoisotopic (exact) mass is 399 g/mol. The number of carbonyl (C=O) groups is 2. The van der Waals surface area contributed by atoms with Gasteiger partial charge in [0.1, 0.15) is 0 Å². The van der Waals surface area contributed by atoms with Crippen molar-refractivity contribution < 1.29 is 14.3 Å². The summed E-state index contributed by atoms with van der Waals surface area (Å²) in [6.45, 7) is 4.72. The minimum Gasteiger partial charge on any atom is -0.380 e. The maximum Gasteiger partial charge on any atom is 0.324 e. The second-order valence-electron chi connectivity index (χ2n) is 3.83. The summed E-state index contributed by atoms with van der Waals surface area (Å²) in [5.41, 5.74) is 0. The van der Waals surface area contributed by atoms with E-state index < -0.39 is 0 Å². The van der Waals surface area contributed by atoms with Gasteiger partial charge in [0.05, 0.1) is 13.2 Å². The number of urea groups is 1. The van der Waals surface area contributed by atoms with Crippen LogP contribution in [-0.2, 0) is 9.53 Å². The van der Waals surface area contributed by atoms with Gasteiger partial charge in [0.15, 0.2) is 5.96 Å². The minimum atomic E-state index is -0.342. The molecule has 9 heteroatoms. The number of hydrogen-bond donors (Lipinski definition) is 3. The minimum absolute atomic E-state index is 0. The predicted octanol–water partition coefficient (Wildman–Crippen LogP) is -0.642. The van der Waals surface area contributed by atoms with Gasteiger partial charge in [-0.25, -0.2) is 4.79 Å². The van der Waals surface area contributed by atoms with Gasteiger partial charge in [0, 0.05) is 33.3 Å². The summed E-state index contributed by atoms with van der Waals surface area (Å²) in [4.78, 5) is 27.8. The van der Waals surface area contributed by atoms with E-state index in [1.54, 1.807) is 7.05 Å². The molecule has 1 fully saturated rings. The van der Waals surface area contributed by atoms with Crippen LogP contribution in [0.3, 0.4) is 0 Å². The quantitative estimate of drug-likeness (QED) is 0.174. The Hall–Kier alpha value is -1.10. The Labute approximate surface area is 135 Å². The van der Waals surface area contributed by atoms with Gasteiger partial charge in [-0.2, -0.15) is 0 Å². The third-order valence-corrected chi connectivity index (χ3v) is 2.53. The molecule has 3 N–H and O–H groups in total. The zero-order valence-electron chi connectivity index (χ0n) is 11.8. The highest BCUT2D eigenvalue weighted by atomic mass is 127. The number of nitrogens with zero attached hydrogens (tertiary/aromatic N) is 2. The molecule has 0 spiro atoms. The molecular formula is C11H22IN5O3. The molecule has 1 saturated heterocycles. The predicted molar refractivity (Wildman–Crippen MR) is 86.4 cm³/mol. The number of amides is 3. The van der Waals surface area contributed by atoms with E-state index in [0.29, 0.717) is 38.8 Å². The number of imide groups is 1. The van der Waals surface area contributed by atoms with Crippen molar-refractivity contribution in [1.29, 1.82) is 0 Å². The molecule has 3 amide bonds. The maximum absolute atomic E-state index is 11.3. The summed E-state index contributed by atoms with van der Waals surface area (Å²) in [6.07, 6.45) is 0. The van der Waals surface area contributed by atoms with Crippen LogP contribution in [0.5, 0.6) is 0 Å². The molecule has 116 valence electrons. The Morgan fingerprint density at radius 1 is 1.40 bits per heavy atom. The smallest absolute Gasteiger partial charge is 0.324 e. The van der Waals surface area contributed by atoms with Crippen LogP contribution >= 0.6 is 24.0 Å². The van der Waals surface area contributed by atoms with Crippen LogP contribution in [0, 0.1) is 0 Å². The summed E-state index contributed by atoms with van der Waals surface area (Å²) in [5, 5.41) is 8.55. The van der Waals surface area contributed by atoms with Crippen LogP contribution in [0.1, 0.15) is 6.92 Å². The molecule has 1 rings (SSSR count). The fourth-order valence-corrected chi connectivity index (χ4v) is 1.57. The molecule has 20 heavy (non-hydrogen) atoms. The van der Waals surface area contributed by atoms with Gasteiger partial charge in [-0.3, -0.25) is 14.7 Å². The second kappa shape index (κ2) is 10.7. The van der Waals surface area contributed by atoms with Gasteiger partial charge in [-0.1, -0.05) is 0 Å². The van der Waals surface area contributed by atoms with Crippen LogP contribution < -0.4 is 16.0 Å². The molecule has 8 nitrogen and oxygen atoms in total. The van der Waals surface area contributed by atoms with Crippen LogP contribution in [0.4, 0.5) is 4.79 Å². The molecule has 0 radical (unpaired) electrons. The van der Waals surface area contributed by atoms with Gasteiger partial charge in [0.2, 0.25) is 5.91 Å². The van der Waals surface area contributed by atoms with Crippen molar-refractivity contribution >= 4 is 41.9 Å². The Balaban J connectivity index is 0.00000361. The first-order valence-corrected chi connectivity index (χ1v) is 6.29. The Morgan fingerprint density at radius 2 is 2.10 bits per heavy atom. The lowest BCUT2D eigenvalue weighted by molar-refractivity contribution is -0.124. The van der Waals surface area contributed by atoms with Crippen molar-refractivity contribution in [3.05, 3.63) is 0 Å². The number of rotatable bonds is 7. The fraction of sp³-hybridized carbons (Fsp3) is 0.727. The first-order valence-electron chi connectivity index (χ1n) is 6.29. The lowest BCUT2D eigenvalue weighted by atomic mass is 10.5. The van der Waals surface area contributed by atoms with Crippen molar-refractivity contribution in [1.82, 2.24) is 20.9 Å². The Kier molecular flexibility index (Phi) is 10.1. The van der Waals surface area contributed by atoms with E-state index >= 15 is 0 Å². The normalized spacial score (nSPS) is 14.9. The lowest BCUT2D eigenvalue weighted by Gasteiger charge is -2.15. The molecule has 0 aliphatic carbocycles.